The molecule has 0 aliphatic carbocycles. The molecule has 1 aliphatic rings. The monoisotopic (exact) mass is 262 g/mol. The maximum Gasteiger partial charge on any atom is 0.313 e. The van der Waals surface area contributed by atoms with Crippen LogP contribution in [0.5, 0.6) is 0 Å². The lowest BCUT2D eigenvalue weighted by atomic mass is 10.2. The predicted molar refractivity (Wildman–Crippen MR) is 71.6 cm³/mol. The number of likely N-dealkylation sites (tertiary alicyclic amines) is 1. The molecule has 0 spiro atoms. The van der Waals surface area contributed by atoms with Gasteiger partial charge in [-0.15, -0.1) is 0 Å². The van der Waals surface area contributed by atoms with Gasteiger partial charge in [0.25, 0.3) is 0 Å². The molecule has 1 aliphatic heterocycles. The lowest BCUT2D eigenvalue weighted by molar-refractivity contribution is -0.144. The zero-order chi connectivity index (χ0) is 13.8. The fraction of sp³-hybridized carbons (Fsp3) is 0.429. The molecule has 1 aromatic carbocycles. The second kappa shape index (κ2) is 5.84. The standard InChI is InChI=1S/C14H18N2O3/c1-10-4-6-11(7-5-10)15-13(18)14(19)16-8-2-3-12(16)9-17/h4-7,12,17H,2-3,8-9H2,1H3,(H,15,18)/t12-/m1/s1. The van der Waals surface area contributed by atoms with Crippen molar-refractivity contribution in [2.24, 2.45) is 0 Å². The Morgan fingerprint density at radius 1 is 1.37 bits per heavy atom. The van der Waals surface area contributed by atoms with E-state index in [0.717, 1.165) is 18.4 Å². The topological polar surface area (TPSA) is 69.6 Å². The van der Waals surface area contributed by atoms with Crippen LogP contribution < -0.4 is 5.32 Å². The number of nitrogens with one attached hydrogen (secondary N) is 1. The van der Waals surface area contributed by atoms with Crippen LogP contribution in [0.3, 0.4) is 0 Å². The van der Waals surface area contributed by atoms with E-state index in [9.17, 15) is 9.59 Å². The van der Waals surface area contributed by atoms with Gasteiger partial charge in [-0.25, -0.2) is 0 Å². The Labute approximate surface area is 112 Å². The lowest BCUT2D eigenvalue weighted by Gasteiger charge is -2.22. The molecule has 2 N–H and O–H groups in total. The summed E-state index contributed by atoms with van der Waals surface area (Å²) >= 11 is 0. The van der Waals surface area contributed by atoms with Crippen LogP contribution in [0.15, 0.2) is 24.3 Å². The third kappa shape index (κ3) is 3.12. The van der Waals surface area contributed by atoms with Crippen LogP contribution >= 0.6 is 0 Å². The van der Waals surface area contributed by atoms with Gasteiger partial charge in [0, 0.05) is 12.2 Å². The van der Waals surface area contributed by atoms with Crippen molar-refractivity contribution < 1.29 is 14.7 Å². The summed E-state index contributed by atoms with van der Waals surface area (Å²) in [7, 11) is 0. The molecule has 1 saturated heterocycles. The zero-order valence-electron chi connectivity index (χ0n) is 10.9. The first-order chi connectivity index (χ1) is 9.11. The van der Waals surface area contributed by atoms with Crippen molar-refractivity contribution in [1.29, 1.82) is 0 Å². The SMILES string of the molecule is Cc1ccc(NC(=O)C(=O)N2CCC[C@@H]2CO)cc1. The number of anilines is 1. The van der Waals surface area contributed by atoms with Crippen molar-refractivity contribution in [2.45, 2.75) is 25.8 Å². The van der Waals surface area contributed by atoms with Crippen LogP contribution in [0.2, 0.25) is 0 Å². The molecule has 2 amide bonds. The minimum Gasteiger partial charge on any atom is -0.394 e. The van der Waals surface area contributed by atoms with E-state index in [1.165, 1.54) is 4.90 Å². The number of carbonyl (C=O) groups excluding carboxylic acids is 2. The average Bonchev–Trinajstić information content (AvgIpc) is 2.88. The van der Waals surface area contributed by atoms with Crippen molar-refractivity contribution in [3.8, 4) is 0 Å². The minimum absolute atomic E-state index is 0.0937. The van der Waals surface area contributed by atoms with Gasteiger partial charge in [0.15, 0.2) is 0 Å². The average molecular weight is 262 g/mol. The molecule has 0 unspecified atom stereocenters. The van der Waals surface area contributed by atoms with Gasteiger partial charge in [0.1, 0.15) is 0 Å². The summed E-state index contributed by atoms with van der Waals surface area (Å²) in [6.07, 6.45) is 1.58. The Kier molecular flexibility index (Phi) is 4.16. The van der Waals surface area contributed by atoms with Gasteiger partial charge in [-0.05, 0) is 31.9 Å². The van der Waals surface area contributed by atoms with E-state index >= 15 is 0 Å². The highest BCUT2D eigenvalue weighted by atomic mass is 16.3. The number of aliphatic hydroxyl groups excluding tert-OH is 1. The fourth-order valence-corrected chi connectivity index (χ4v) is 2.24. The number of aliphatic hydroxyl groups is 1. The van der Waals surface area contributed by atoms with Crippen LogP contribution in [-0.4, -0.2) is 41.0 Å². The number of hydrogen-bond donors (Lipinski definition) is 2. The van der Waals surface area contributed by atoms with Gasteiger partial charge in [-0.3, -0.25) is 9.59 Å². The molecular weight excluding hydrogens is 244 g/mol. The van der Waals surface area contributed by atoms with Crippen molar-refractivity contribution in [3.63, 3.8) is 0 Å². The quantitative estimate of drug-likeness (QED) is 0.779. The van der Waals surface area contributed by atoms with E-state index in [2.05, 4.69) is 5.32 Å². The Bertz CT molecular complexity index is 470. The van der Waals surface area contributed by atoms with Crippen LogP contribution in [-0.2, 0) is 9.59 Å². The molecule has 2 rings (SSSR count). The van der Waals surface area contributed by atoms with Crippen LogP contribution in [0.4, 0.5) is 5.69 Å². The Balaban J connectivity index is 1.99. The molecule has 1 heterocycles. The Morgan fingerprint density at radius 3 is 2.68 bits per heavy atom. The minimum atomic E-state index is -0.649. The van der Waals surface area contributed by atoms with E-state index in [4.69, 9.17) is 5.11 Å². The van der Waals surface area contributed by atoms with Crippen molar-refractivity contribution in [2.75, 3.05) is 18.5 Å². The van der Waals surface area contributed by atoms with Crippen LogP contribution in [0, 0.1) is 6.92 Å². The molecule has 0 radical (unpaired) electrons. The first-order valence-electron chi connectivity index (χ1n) is 6.41. The van der Waals surface area contributed by atoms with E-state index in [0.29, 0.717) is 12.2 Å². The third-order valence-corrected chi connectivity index (χ3v) is 3.35. The number of nitrogens with zero attached hydrogens (tertiary/aromatic N) is 1. The molecule has 5 heteroatoms. The summed E-state index contributed by atoms with van der Waals surface area (Å²) in [5.74, 6) is -1.22. The zero-order valence-corrected chi connectivity index (χ0v) is 10.9. The van der Waals surface area contributed by atoms with E-state index in [1.54, 1.807) is 12.1 Å². The summed E-state index contributed by atoms with van der Waals surface area (Å²) in [5, 5.41) is 11.7. The molecule has 1 aromatic rings. The molecule has 0 saturated carbocycles. The highest BCUT2D eigenvalue weighted by Gasteiger charge is 2.31. The van der Waals surface area contributed by atoms with Crippen molar-refractivity contribution in [1.82, 2.24) is 4.90 Å². The van der Waals surface area contributed by atoms with E-state index in [1.807, 2.05) is 19.1 Å². The first-order valence-corrected chi connectivity index (χ1v) is 6.41. The molecule has 0 bridgehead atoms. The van der Waals surface area contributed by atoms with E-state index in [-0.39, 0.29) is 12.6 Å². The molecular formula is C14H18N2O3. The molecule has 1 fully saturated rings. The molecule has 19 heavy (non-hydrogen) atoms. The van der Waals surface area contributed by atoms with Gasteiger partial charge in [0.2, 0.25) is 0 Å². The molecule has 102 valence electrons. The number of aryl methyl sites for hydroxylation is 1. The number of carbonyl (C=O) groups is 2. The van der Waals surface area contributed by atoms with Gasteiger partial charge in [-0.2, -0.15) is 0 Å². The predicted octanol–water partition coefficient (Wildman–Crippen LogP) is 0.917. The second-order valence-corrected chi connectivity index (χ2v) is 4.80. The van der Waals surface area contributed by atoms with E-state index < -0.39 is 11.8 Å². The number of rotatable bonds is 2. The highest BCUT2D eigenvalue weighted by Crippen LogP contribution is 2.17. The number of hydrogen-bond acceptors (Lipinski definition) is 3. The second-order valence-electron chi connectivity index (χ2n) is 4.80. The smallest absolute Gasteiger partial charge is 0.313 e. The summed E-state index contributed by atoms with van der Waals surface area (Å²) < 4.78 is 0. The largest absolute Gasteiger partial charge is 0.394 e. The summed E-state index contributed by atoms with van der Waals surface area (Å²) in [4.78, 5) is 25.3. The number of benzene rings is 1. The summed E-state index contributed by atoms with van der Waals surface area (Å²) in [6.45, 7) is 2.39. The summed E-state index contributed by atoms with van der Waals surface area (Å²) in [6, 6.07) is 7.03. The van der Waals surface area contributed by atoms with Gasteiger partial charge in [-0.1, -0.05) is 17.7 Å². The van der Waals surface area contributed by atoms with Crippen LogP contribution in [0.25, 0.3) is 0 Å². The van der Waals surface area contributed by atoms with Crippen molar-refractivity contribution >= 4 is 17.5 Å². The number of amides is 2. The highest BCUT2D eigenvalue weighted by molar-refractivity contribution is 6.39. The normalized spacial score (nSPS) is 18.4. The first kappa shape index (κ1) is 13.5. The molecule has 0 aromatic heterocycles. The van der Waals surface area contributed by atoms with Gasteiger partial charge < -0.3 is 15.3 Å². The van der Waals surface area contributed by atoms with Crippen molar-refractivity contribution in [3.05, 3.63) is 29.8 Å². The maximum atomic E-state index is 12.0. The fourth-order valence-electron chi connectivity index (χ4n) is 2.24. The Morgan fingerprint density at radius 2 is 2.05 bits per heavy atom. The van der Waals surface area contributed by atoms with Crippen LogP contribution in [0.1, 0.15) is 18.4 Å². The lowest BCUT2D eigenvalue weighted by Crippen LogP contribution is -2.43. The van der Waals surface area contributed by atoms with Gasteiger partial charge >= 0.3 is 11.8 Å². The van der Waals surface area contributed by atoms with Gasteiger partial charge in [0.05, 0.1) is 12.6 Å². The molecule has 1 atom stereocenters. The summed E-state index contributed by atoms with van der Waals surface area (Å²) in [5.41, 5.74) is 1.69. The molecule has 5 nitrogen and oxygen atoms in total. The maximum absolute atomic E-state index is 12.0. The Hall–Kier alpha value is -1.88. The third-order valence-electron chi connectivity index (χ3n) is 3.35.